The van der Waals surface area contributed by atoms with Crippen molar-refractivity contribution in [2.75, 3.05) is 5.32 Å². The van der Waals surface area contributed by atoms with Crippen molar-refractivity contribution in [3.63, 3.8) is 0 Å². The molecule has 8 heteroatoms. The zero-order chi connectivity index (χ0) is 25.7. The normalized spacial score (nSPS) is 19.9. The fourth-order valence-electron chi connectivity index (χ4n) is 4.95. The lowest BCUT2D eigenvalue weighted by molar-refractivity contribution is -0.137. The van der Waals surface area contributed by atoms with Gasteiger partial charge in [-0.05, 0) is 55.0 Å². The van der Waals surface area contributed by atoms with Gasteiger partial charge in [-0.25, -0.2) is 0 Å². The summed E-state index contributed by atoms with van der Waals surface area (Å²) in [5.74, 6) is -1.32. The Balaban J connectivity index is 1.81. The van der Waals surface area contributed by atoms with E-state index in [0.29, 0.717) is 24.1 Å². The van der Waals surface area contributed by atoms with Crippen LogP contribution in [0, 0.1) is 12.3 Å². The topological polar surface area (TPSA) is 58.2 Å². The van der Waals surface area contributed by atoms with Gasteiger partial charge in [0.1, 0.15) is 0 Å². The molecule has 1 atom stereocenters. The Morgan fingerprint density at radius 2 is 1.80 bits per heavy atom. The number of ketones is 1. The number of carbonyl (C=O) groups is 2. The van der Waals surface area contributed by atoms with Gasteiger partial charge in [-0.2, -0.15) is 13.2 Å². The molecule has 0 saturated carbocycles. The average molecular weight is 503 g/mol. The number of carbonyl (C=O) groups excluding carboxylic acids is 2. The number of hydrogen-bond donors (Lipinski definition) is 2. The molecular formula is C27H26ClF3N2O2. The van der Waals surface area contributed by atoms with Gasteiger partial charge in [0.15, 0.2) is 5.78 Å². The van der Waals surface area contributed by atoms with Crippen LogP contribution in [0.5, 0.6) is 0 Å². The van der Waals surface area contributed by atoms with E-state index in [9.17, 15) is 22.8 Å². The fourth-order valence-corrected chi connectivity index (χ4v) is 5.11. The molecule has 0 bridgehead atoms. The number of rotatable bonds is 3. The van der Waals surface area contributed by atoms with Crippen molar-refractivity contribution in [1.82, 2.24) is 5.32 Å². The molecule has 4 rings (SSSR count). The van der Waals surface area contributed by atoms with E-state index in [2.05, 4.69) is 10.6 Å². The first-order chi connectivity index (χ1) is 16.3. The van der Waals surface area contributed by atoms with Crippen molar-refractivity contribution < 1.29 is 22.8 Å². The first-order valence-corrected chi connectivity index (χ1v) is 11.6. The van der Waals surface area contributed by atoms with Gasteiger partial charge in [0.2, 0.25) is 0 Å². The third-order valence-electron chi connectivity index (χ3n) is 6.53. The number of halogens is 4. The van der Waals surface area contributed by atoms with Crippen LogP contribution in [-0.4, -0.2) is 11.7 Å². The minimum absolute atomic E-state index is 0.0174. The summed E-state index contributed by atoms with van der Waals surface area (Å²) in [6, 6.07) is 10.3. The molecule has 2 N–H and O–H groups in total. The predicted octanol–water partition coefficient (Wildman–Crippen LogP) is 6.91. The predicted molar refractivity (Wildman–Crippen MR) is 130 cm³/mol. The highest BCUT2D eigenvalue weighted by Crippen LogP contribution is 2.47. The number of dihydropyridines is 1. The lowest BCUT2D eigenvalue weighted by Crippen LogP contribution is -2.39. The molecule has 2 aromatic rings. The third-order valence-corrected chi connectivity index (χ3v) is 6.86. The smallest absolute Gasteiger partial charge is 0.362 e. The van der Waals surface area contributed by atoms with Gasteiger partial charge in [-0.15, -0.1) is 0 Å². The van der Waals surface area contributed by atoms with E-state index < -0.39 is 23.6 Å². The zero-order valence-electron chi connectivity index (χ0n) is 19.9. The largest absolute Gasteiger partial charge is 0.416 e. The van der Waals surface area contributed by atoms with Gasteiger partial charge in [0.25, 0.3) is 5.91 Å². The second kappa shape index (κ2) is 8.86. The standard InChI is InChI=1S/C27H26ClF3N2O2/c1-14-7-5-6-8-17(14)23-22(15(2)32-20-12-26(3,4)13-21(34)24(20)23)25(35)33-19-11-16(27(29,30)31)9-10-18(19)28/h5-11,23,32H,12-13H2,1-4H3,(H,33,35)/t23-/m0/s1. The summed E-state index contributed by atoms with van der Waals surface area (Å²) in [6.07, 6.45) is -3.61. The maximum absolute atomic E-state index is 13.6. The number of anilines is 1. The second-order valence-corrected chi connectivity index (χ2v) is 10.3. The van der Waals surface area contributed by atoms with Crippen LogP contribution in [0.4, 0.5) is 18.9 Å². The number of nitrogens with one attached hydrogen (secondary N) is 2. The maximum atomic E-state index is 13.6. The molecule has 184 valence electrons. The van der Waals surface area contributed by atoms with Gasteiger partial charge >= 0.3 is 6.18 Å². The second-order valence-electron chi connectivity index (χ2n) is 9.93. The number of Topliss-reactive ketones (excluding diaryl/α,β-unsaturated/α-hetero) is 1. The van der Waals surface area contributed by atoms with E-state index >= 15 is 0 Å². The Morgan fingerprint density at radius 1 is 1.11 bits per heavy atom. The molecular weight excluding hydrogens is 477 g/mol. The minimum atomic E-state index is -4.59. The number of aryl methyl sites for hydroxylation is 1. The summed E-state index contributed by atoms with van der Waals surface area (Å²) in [7, 11) is 0. The number of benzene rings is 2. The molecule has 0 spiro atoms. The number of allylic oxidation sites excluding steroid dienone is 3. The number of alkyl halides is 3. The molecule has 35 heavy (non-hydrogen) atoms. The van der Waals surface area contributed by atoms with E-state index in [4.69, 9.17) is 11.6 Å². The molecule has 0 radical (unpaired) electrons. The molecule has 4 nitrogen and oxygen atoms in total. The van der Waals surface area contributed by atoms with Crippen LogP contribution in [0.25, 0.3) is 0 Å². The molecule has 1 aliphatic carbocycles. The van der Waals surface area contributed by atoms with Crippen LogP contribution in [0.3, 0.4) is 0 Å². The molecule has 0 unspecified atom stereocenters. The summed E-state index contributed by atoms with van der Waals surface area (Å²) in [5, 5.41) is 5.80. The van der Waals surface area contributed by atoms with Crippen molar-refractivity contribution in [1.29, 1.82) is 0 Å². The Morgan fingerprint density at radius 3 is 2.46 bits per heavy atom. The van der Waals surface area contributed by atoms with Crippen LogP contribution < -0.4 is 10.6 Å². The van der Waals surface area contributed by atoms with Gasteiger partial charge in [-0.3, -0.25) is 9.59 Å². The highest BCUT2D eigenvalue weighted by atomic mass is 35.5. The van der Waals surface area contributed by atoms with Crippen LogP contribution >= 0.6 is 11.6 Å². The quantitative estimate of drug-likeness (QED) is 0.479. The van der Waals surface area contributed by atoms with E-state index in [1.54, 1.807) is 6.92 Å². The van der Waals surface area contributed by atoms with Crippen molar-refractivity contribution in [3.8, 4) is 0 Å². The molecule has 2 aromatic carbocycles. The molecule has 0 saturated heterocycles. The monoisotopic (exact) mass is 502 g/mol. The van der Waals surface area contributed by atoms with Gasteiger partial charge < -0.3 is 10.6 Å². The Bertz CT molecular complexity index is 1290. The Hall–Kier alpha value is -3.06. The van der Waals surface area contributed by atoms with Crippen LogP contribution in [0.15, 0.2) is 65.0 Å². The highest BCUT2D eigenvalue weighted by molar-refractivity contribution is 6.34. The van der Waals surface area contributed by atoms with Crippen molar-refractivity contribution >= 4 is 29.0 Å². The zero-order valence-corrected chi connectivity index (χ0v) is 20.6. The van der Waals surface area contributed by atoms with E-state index in [1.165, 1.54) is 0 Å². The number of amides is 1. The lowest BCUT2D eigenvalue weighted by Gasteiger charge is -2.40. The van der Waals surface area contributed by atoms with Gasteiger partial charge in [-0.1, -0.05) is 49.7 Å². The Labute approximate surface area is 207 Å². The van der Waals surface area contributed by atoms with Crippen molar-refractivity contribution in [2.24, 2.45) is 5.41 Å². The Kier molecular flexibility index (Phi) is 6.34. The summed E-state index contributed by atoms with van der Waals surface area (Å²) in [5.41, 5.74) is 2.54. The van der Waals surface area contributed by atoms with Crippen LogP contribution in [-0.2, 0) is 15.8 Å². The fraction of sp³-hybridized carbons (Fsp3) is 0.333. The lowest BCUT2D eigenvalue weighted by atomic mass is 9.68. The SMILES string of the molecule is CC1=C(C(=O)Nc2cc(C(F)(F)F)ccc2Cl)[C@H](c2ccccc2C)C2=C(CC(C)(C)CC2=O)N1. The average Bonchev–Trinajstić information content (AvgIpc) is 2.73. The van der Waals surface area contributed by atoms with Crippen LogP contribution in [0.2, 0.25) is 5.02 Å². The number of hydrogen-bond acceptors (Lipinski definition) is 3. The summed E-state index contributed by atoms with van der Waals surface area (Å²) < 4.78 is 39.8. The highest BCUT2D eigenvalue weighted by Gasteiger charge is 2.43. The third kappa shape index (κ3) is 4.87. The summed E-state index contributed by atoms with van der Waals surface area (Å²) in [4.78, 5) is 27.0. The van der Waals surface area contributed by atoms with E-state index in [-0.39, 0.29) is 27.5 Å². The summed E-state index contributed by atoms with van der Waals surface area (Å²) >= 11 is 6.13. The van der Waals surface area contributed by atoms with Crippen molar-refractivity contribution in [2.45, 2.75) is 52.6 Å². The first-order valence-electron chi connectivity index (χ1n) is 11.3. The molecule has 0 aromatic heterocycles. The van der Waals surface area contributed by atoms with Crippen LogP contribution in [0.1, 0.15) is 56.2 Å². The summed E-state index contributed by atoms with van der Waals surface area (Å²) in [6.45, 7) is 7.69. The first kappa shape index (κ1) is 25.0. The van der Waals surface area contributed by atoms with E-state index in [0.717, 1.165) is 35.0 Å². The van der Waals surface area contributed by atoms with Crippen molar-refractivity contribution in [3.05, 3.63) is 86.7 Å². The maximum Gasteiger partial charge on any atom is 0.416 e. The van der Waals surface area contributed by atoms with Gasteiger partial charge in [0, 0.05) is 34.9 Å². The molecule has 2 aliphatic rings. The molecule has 1 heterocycles. The molecule has 1 aliphatic heterocycles. The molecule has 1 amide bonds. The van der Waals surface area contributed by atoms with Gasteiger partial charge in [0.05, 0.1) is 16.3 Å². The van der Waals surface area contributed by atoms with E-state index in [1.807, 2.05) is 45.0 Å². The molecule has 0 fully saturated rings. The minimum Gasteiger partial charge on any atom is -0.362 e.